The Morgan fingerprint density at radius 2 is 1.73 bits per heavy atom. The molecule has 0 spiro atoms. The van der Waals surface area contributed by atoms with E-state index < -0.39 is 33.7 Å². The third-order valence-corrected chi connectivity index (χ3v) is 7.62. The lowest BCUT2D eigenvalue weighted by atomic mass is 10.00. The predicted molar refractivity (Wildman–Crippen MR) is 150 cm³/mol. The fraction of sp³-hybridized carbons (Fsp3) is 0.241. The van der Waals surface area contributed by atoms with E-state index in [-0.39, 0.29) is 40.6 Å². The third kappa shape index (κ3) is 7.53. The molecule has 0 aliphatic heterocycles. The number of aromatic nitrogens is 1. The number of carbonyl (C=O) groups is 1. The average molecular weight is 588 g/mol. The Bertz CT molecular complexity index is 1660. The Labute approximate surface area is 235 Å². The van der Waals surface area contributed by atoms with E-state index in [2.05, 4.69) is 15.0 Å². The van der Waals surface area contributed by atoms with Crippen LogP contribution in [-0.2, 0) is 27.4 Å². The molecule has 0 radical (unpaired) electrons. The molecule has 0 aliphatic rings. The van der Waals surface area contributed by atoms with Crippen molar-refractivity contribution < 1.29 is 36.2 Å². The van der Waals surface area contributed by atoms with Crippen molar-refractivity contribution >= 4 is 32.5 Å². The van der Waals surface area contributed by atoms with Crippen LogP contribution in [0.1, 0.15) is 28.5 Å². The van der Waals surface area contributed by atoms with Crippen molar-refractivity contribution in [1.82, 2.24) is 10.3 Å². The summed E-state index contributed by atoms with van der Waals surface area (Å²) in [7, 11) is -2.29. The van der Waals surface area contributed by atoms with Gasteiger partial charge in [0.25, 0.3) is 5.91 Å². The van der Waals surface area contributed by atoms with Gasteiger partial charge < -0.3 is 15.2 Å². The molecule has 0 aliphatic carbocycles. The SMILES string of the molecule is CCS(=O)(=O)Nc1cc(C(=O)N[C@H](COC)Cc2ccc(O)cc2)nc2ccc(-c3cccc(C(F)(F)F)c3)cc12. The summed E-state index contributed by atoms with van der Waals surface area (Å²) in [6, 6.07) is 16.7. The van der Waals surface area contributed by atoms with Crippen LogP contribution in [0, 0.1) is 0 Å². The van der Waals surface area contributed by atoms with E-state index in [1.165, 1.54) is 56.5 Å². The lowest BCUT2D eigenvalue weighted by Gasteiger charge is -2.19. The summed E-state index contributed by atoms with van der Waals surface area (Å²) in [5, 5.41) is 12.7. The maximum Gasteiger partial charge on any atom is 0.416 e. The molecule has 1 aromatic heterocycles. The number of rotatable bonds is 10. The minimum absolute atomic E-state index is 0.0649. The molecule has 1 heterocycles. The van der Waals surface area contributed by atoms with Crippen molar-refractivity contribution in [2.24, 2.45) is 0 Å². The molecule has 0 bridgehead atoms. The number of methoxy groups -OCH3 is 1. The quantitative estimate of drug-likeness (QED) is 0.230. The fourth-order valence-corrected chi connectivity index (χ4v) is 4.90. The zero-order chi connectivity index (χ0) is 29.8. The number of nitrogens with zero attached hydrogens (tertiary/aromatic N) is 1. The van der Waals surface area contributed by atoms with Gasteiger partial charge in [0.2, 0.25) is 10.0 Å². The van der Waals surface area contributed by atoms with Gasteiger partial charge in [-0.1, -0.05) is 30.3 Å². The largest absolute Gasteiger partial charge is 0.508 e. The number of carbonyl (C=O) groups excluding carboxylic acids is 1. The van der Waals surface area contributed by atoms with Gasteiger partial charge in [0.1, 0.15) is 11.4 Å². The zero-order valence-corrected chi connectivity index (χ0v) is 23.0. The molecule has 3 aromatic carbocycles. The normalized spacial score (nSPS) is 12.7. The fourth-order valence-electron chi connectivity index (χ4n) is 4.25. The van der Waals surface area contributed by atoms with Crippen molar-refractivity contribution in [3.8, 4) is 16.9 Å². The molecular weight excluding hydrogens is 559 g/mol. The molecule has 0 saturated heterocycles. The Hall–Kier alpha value is -4.16. The number of hydrogen-bond acceptors (Lipinski definition) is 6. The van der Waals surface area contributed by atoms with Gasteiger partial charge in [0.15, 0.2) is 0 Å². The first kappa shape index (κ1) is 29.8. The Morgan fingerprint density at radius 3 is 2.39 bits per heavy atom. The minimum Gasteiger partial charge on any atom is -0.508 e. The van der Waals surface area contributed by atoms with E-state index in [1.54, 1.807) is 18.2 Å². The molecule has 0 saturated carbocycles. The Morgan fingerprint density at radius 1 is 1.02 bits per heavy atom. The van der Waals surface area contributed by atoms with Crippen molar-refractivity contribution in [2.75, 3.05) is 24.2 Å². The highest BCUT2D eigenvalue weighted by Gasteiger charge is 2.30. The van der Waals surface area contributed by atoms with Gasteiger partial charge in [-0.15, -0.1) is 0 Å². The number of aromatic hydroxyl groups is 1. The lowest BCUT2D eigenvalue weighted by Crippen LogP contribution is -2.40. The molecule has 1 amide bonds. The zero-order valence-electron chi connectivity index (χ0n) is 22.2. The number of alkyl halides is 3. The molecular formula is C29H28F3N3O5S. The second kappa shape index (κ2) is 12.1. The van der Waals surface area contributed by atoms with E-state index in [0.29, 0.717) is 17.4 Å². The van der Waals surface area contributed by atoms with Gasteiger partial charge in [-0.05, 0) is 72.5 Å². The number of hydrogen-bond donors (Lipinski definition) is 3. The first-order valence-electron chi connectivity index (χ1n) is 12.6. The van der Waals surface area contributed by atoms with Crippen LogP contribution in [0.15, 0.2) is 72.8 Å². The average Bonchev–Trinajstić information content (AvgIpc) is 2.93. The first-order chi connectivity index (χ1) is 19.4. The van der Waals surface area contributed by atoms with Crippen LogP contribution in [0.25, 0.3) is 22.0 Å². The number of amides is 1. The number of pyridine rings is 1. The summed E-state index contributed by atoms with van der Waals surface area (Å²) in [6.45, 7) is 1.63. The van der Waals surface area contributed by atoms with Gasteiger partial charge in [-0.3, -0.25) is 9.52 Å². The van der Waals surface area contributed by atoms with Crippen molar-refractivity contribution in [1.29, 1.82) is 0 Å². The summed E-state index contributed by atoms with van der Waals surface area (Å²) in [6.07, 6.45) is -4.13. The van der Waals surface area contributed by atoms with Crippen LogP contribution in [0.5, 0.6) is 5.75 Å². The van der Waals surface area contributed by atoms with E-state index in [4.69, 9.17) is 4.74 Å². The molecule has 216 valence electrons. The predicted octanol–water partition coefficient (Wildman–Crippen LogP) is 5.38. The number of sulfonamides is 1. The van der Waals surface area contributed by atoms with E-state index >= 15 is 0 Å². The minimum atomic E-state index is -4.53. The van der Waals surface area contributed by atoms with Gasteiger partial charge in [0.05, 0.1) is 35.2 Å². The number of ether oxygens (including phenoxy) is 1. The molecule has 8 nitrogen and oxygen atoms in total. The molecule has 0 fully saturated rings. The topological polar surface area (TPSA) is 118 Å². The maximum atomic E-state index is 13.3. The smallest absolute Gasteiger partial charge is 0.416 e. The molecule has 3 N–H and O–H groups in total. The van der Waals surface area contributed by atoms with Crippen LogP contribution in [0.3, 0.4) is 0 Å². The van der Waals surface area contributed by atoms with Gasteiger partial charge in [-0.25, -0.2) is 13.4 Å². The van der Waals surface area contributed by atoms with E-state index in [0.717, 1.165) is 17.7 Å². The van der Waals surface area contributed by atoms with E-state index in [9.17, 15) is 31.5 Å². The molecule has 4 rings (SSSR count). The molecule has 12 heteroatoms. The number of fused-ring (bicyclic) bond motifs is 1. The highest BCUT2D eigenvalue weighted by Crippen LogP contribution is 2.34. The summed E-state index contributed by atoms with van der Waals surface area (Å²) in [4.78, 5) is 17.7. The highest BCUT2D eigenvalue weighted by molar-refractivity contribution is 7.92. The van der Waals surface area contributed by atoms with Gasteiger partial charge in [-0.2, -0.15) is 13.2 Å². The monoisotopic (exact) mass is 587 g/mol. The Balaban J connectivity index is 1.72. The summed E-state index contributed by atoms with van der Waals surface area (Å²) in [5.74, 6) is -0.708. The second-order valence-electron chi connectivity index (χ2n) is 9.37. The van der Waals surface area contributed by atoms with Crippen LogP contribution >= 0.6 is 0 Å². The summed E-state index contributed by atoms with van der Waals surface area (Å²) < 4.78 is 72.6. The Kier molecular flexibility index (Phi) is 8.83. The van der Waals surface area contributed by atoms with Crippen LogP contribution < -0.4 is 10.0 Å². The van der Waals surface area contributed by atoms with Crippen LogP contribution in [0.4, 0.5) is 18.9 Å². The lowest BCUT2D eigenvalue weighted by molar-refractivity contribution is -0.137. The molecule has 1 atom stereocenters. The summed E-state index contributed by atoms with van der Waals surface area (Å²) in [5.41, 5.74) is 0.991. The maximum absolute atomic E-state index is 13.3. The third-order valence-electron chi connectivity index (χ3n) is 6.33. The van der Waals surface area contributed by atoms with E-state index in [1.807, 2.05) is 0 Å². The number of halogens is 3. The van der Waals surface area contributed by atoms with Crippen molar-refractivity contribution in [3.05, 3.63) is 89.6 Å². The highest BCUT2D eigenvalue weighted by atomic mass is 32.2. The van der Waals surface area contributed by atoms with Crippen molar-refractivity contribution in [2.45, 2.75) is 25.6 Å². The molecule has 0 unspecified atom stereocenters. The standard InChI is InChI=1S/C29H28F3N3O5S/c1-3-41(38,39)35-26-16-27(28(37)33-22(17-40-2)13-18-7-10-23(36)11-8-18)34-25-12-9-20(15-24(25)26)19-5-4-6-21(14-19)29(30,31)32/h4-12,14-16,22,36H,3,13,17H2,1-2H3,(H,33,37)(H,34,35)/t22-/m0/s1. The molecule has 41 heavy (non-hydrogen) atoms. The van der Waals surface area contributed by atoms with Crippen LogP contribution in [0.2, 0.25) is 0 Å². The molecule has 4 aromatic rings. The number of nitrogens with one attached hydrogen (secondary N) is 2. The number of phenolic OH excluding ortho intramolecular Hbond substituents is 1. The number of benzene rings is 3. The number of phenols is 1. The number of anilines is 1. The van der Waals surface area contributed by atoms with Crippen LogP contribution in [-0.4, -0.2) is 49.9 Å². The first-order valence-corrected chi connectivity index (χ1v) is 14.2. The van der Waals surface area contributed by atoms with Gasteiger partial charge in [0, 0.05) is 12.5 Å². The van der Waals surface area contributed by atoms with Crippen molar-refractivity contribution in [3.63, 3.8) is 0 Å². The summed E-state index contributed by atoms with van der Waals surface area (Å²) >= 11 is 0. The van der Waals surface area contributed by atoms with Gasteiger partial charge >= 0.3 is 6.18 Å². The second-order valence-corrected chi connectivity index (χ2v) is 11.4.